The molecule has 1 N–H and O–H groups in total. The third-order valence-electron chi connectivity index (χ3n) is 2.15. The Hall–Kier alpha value is -1.05. The molecular formula is C9H13ClN2O4S. The minimum absolute atomic E-state index is 0.123. The smallest absolute Gasteiger partial charge is 0.270 e. The van der Waals surface area contributed by atoms with Gasteiger partial charge in [-0.3, -0.25) is 4.79 Å². The topological polar surface area (TPSA) is 79.5 Å². The molecule has 0 fully saturated rings. The van der Waals surface area contributed by atoms with Crippen LogP contribution in [0.1, 0.15) is 10.5 Å². The Balaban J connectivity index is 2.80. The first-order valence-corrected chi connectivity index (χ1v) is 7.04. The van der Waals surface area contributed by atoms with Crippen molar-refractivity contribution in [1.82, 2.24) is 9.88 Å². The van der Waals surface area contributed by atoms with E-state index in [9.17, 15) is 13.2 Å². The predicted octanol–water partition coefficient (Wildman–Crippen LogP) is 0.661. The fraction of sp³-hybridized carbons (Fsp3) is 0.444. The van der Waals surface area contributed by atoms with Crippen LogP contribution in [0, 0.1) is 0 Å². The van der Waals surface area contributed by atoms with E-state index in [1.54, 1.807) is 7.05 Å². The third kappa shape index (κ3) is 3.72. The van der Waals surface area contributed by atoms with Crippen molar-refractivity contribution in [2.24, 2.45) is 0 Å². The van der Waals surface area contributed by atoms with E-state index in [1.165, 1.54) is 24.3 Å². The Morgan fingerprint density at radius 1 is 1.59 bits per heavy atom. The number of ether oxygens (including phenoxy) is 1. The van der Waals surface area contributed by atoms with Crippen molar-refractivity contribution in [2.75, 3.05) is 27.3 Å². The summed E-state index contributed by atoms with van der Waals surface area (Å²) in [6, 6.07) is 1.20. The second-order valence-electron chi connectivity index (χ2n) is 3.41. The van der Waals surface area contributed by atoms with Crippen LogP contribution in [0.2, 0.25) is 0 Å². The average Bonchev–Trinajstić information content (AvgIpc) is 2.73. The summed E-state index contributed by atoms with van der Waals surface area (Å²) in [7, 11) is 4.46. The van der Waals surface area contributed by atoms with Crippen LogP contribution in [0.5, 0.6) is 0 Å². The maximum atomic E-state index is 11.8. The van der Waals surface area contributed by atoms with Crippen LogP contribution in [-0.2, 0) is 13.8 Å². The average molecular weight is 281 g/mol. The fourth-order valence-corrected chi connectivity index (χ4v) is 1.90. The van der Waals surface area contributed by atoms with Crippen LogP contribution >= 0.6 is 10.7 Å². The van der Waals surface area contributed by atoms with Gasteiger partial charge in [-0.1, -0.05) is 0 Å². The van der Waals surface area contributed by atoms with Crippen molar-refractivity contribution in [1.29, 1.82) is 0 Å². The van der Waals surface area contributed by atoms with Gasteiger partial charge in [-0.2, -0.15) is 0 Å². The molecule has 1 heterocycles. The first-order valence-electron chi connectivity index (χ1n) is 4.73. The minimum atomic E-state index is -3.81. The summed E-state index contributed by atoms with van der Waals surface area (Å²) in [6.45, 7) is 0.820. The van der Waals surface area contributed by atoms with E-state index in [1.807, 2.05) is 0 Å². The van der Waals surface area contributed by atoms with Crippen molar-refractivity contribution in [2.45, 2.75) is 4.90 Å². The first-order chi connectivity index (χ1) is 7.86. The van der Waals surface area contributed by atoms with Gasteiger partial charge in [0.2, 0.25) is 0 Å². The molecular weight excluding hydrogens is 268 g/mol. The molecule has 0 aliphatic heterocycles. The number of carbonyl (C=O) groups excluding carboxylic acids is 1. The van der Waals surface area contributed by atoms with Crippen molar-refractivity contribution in [3.63, 3.8) is 0 Å². The summed E-state index contributed by atoms with van der Waals surface area (Å²) in [4.78, 5) is 15.7. The number of hydrogen-bond donors (Lipinski definition) is 1. The van der Waals surface area contributed by atoms with Gasteiger partial charge in [0.05, 0.1) is 6.61 Å². The van der Waals surface area contributed by atoms with Crippen LogP contribution in [-0.4, -0.2) is 51.5 Å². The lowest BCUT2D eigenvalue weighted by Gasteiger charge is -2.15. The van der Waals surface area contributed by atoms with Gasteiger partial charge in [-0.25, -0.2) is 8.42 Å². The number of rotatable bonds is 5. The quantitative estimate of drug-likeness (QED) is 0.804. The Morgan fingerprint density at radius 2 is 2.24 bits per heavy atom. The lowest BCUT2D eigenvalue weighted by atomic mass is 10.4. The number of methoxy groups -OCH3 is 1. The molecule has 6 nitrogen and oxygen atoms in total. The predicted molar refractivity (Wildman–Crippen MR) is 62.7 cm³/mol. The molecule has 0 unspecified atom stereocenters. The van der Waals surface area contributed by atoms with Crippen molar-refractivity contribution in [3.8, 4) is 0 Å². The summed E-state index contributed by atoms with van der Waals surface area (Å²) >= 11 is 0. The second-order valence-corrected chi connectivity index (χ2v) is 5.97. The maximum absolute atomic E-state index is 11.8. The molecule has 96 valence electrons. The Bertz CT molecular complexity index is 497. The Morgan fingerprint density at radius 3 is 2.71 bits per heavy atom. The van der Waals surface area contributed by atoms with E-state index in [2.05, 4.69) is 4.98 Å². The van der Waals surface area contributed by atoms with E-state index < -0.39 is 9.05 Å². The Kier molecular flexibility index (Phi) is 4.55. The monoisotopic (exact) mass is 280 g/mol. The normalized spacial score (nSPS) is 11.5. The van der Waals surface area contributed by atoms with Crippen molar-refractivity contribution >= 4 is 25.6 Å². The standard InChI is InChI=1S/C9H13ClN2O4S/c1-12(3-4-16-2)9(13)8-5-7(6-11-8)17(10,14)15/h5-6,11H,3-4H2,1-2H3. The summed E-state index contributed by atoms with van der Waals surface area (Å²) < 4.78 is 26.9. The molecule has 0 spiro atoms. The number of H-pyrrole nitrogens is 1. The molecule has 1 aromatic rings. The number of halogens is 1. The second kappa shape index (κ2) is 5.52. The zero-order valence-electron chi connectivity index (χ0n) is 9.44. The number of carbonyl (C=O) groups is 1. The number of nitrogens with one attached hydrogen (secondary N) is 1. The number of aromatic nitrogens is 1. The summed E-state index contributed by atoms with van der Waals surface area (Å²) in [5, 5.41) is 0. The van der Waals surface area contributed by atoms with Crippen LogP contribution in [0.25, 0.3) is 0 Å². The lowest BCUT2D eigenvalue weighted by molar-refractivity contribution is 0.0739. The molecule has 0 aromatic carbocycles. The van der Waals surface area contributed by atoms with Crippen molar-refractivity contribution in [3.05, 3.63) is 18.0 Å². The molecule has 0 atom stereocenters. The van der Waals surface area contributed by atoms with Crippen LogP contribution < -0.4 is 0 Å². The molecule has 0 radical (unpaired) electrons. The molecule has 1 aromatic heterocycles. The molecule has 0 bridgehead atoms. The van der Waals surface area contributed by atoms with E-state index in [0.717, 1.165) is 0 Å². The minimum Gasteiger partial charge on any atom is -0.383 e. The molecule has 0 aliphatic rings. The van der Waals surface area contributed by atoms with Gasteiger partial charge in [0.1, 0.15) is 10.6 Å². The molecule has 0 saturated heterocycles. The van der Waals surface area contributed by atoms with Gasteiger partial charge in [-0.05, 0) is 6.07 Å². The molecule has 0 saturated carbocycles. The van der Waals surface area contributed by atoms with Crippen LogP contribution in [0.15, 0.2) is 17.2 Å². The summed E-state index contributed by atoms with van der Waals surface area (Å²) in [5.74, 6) is -0.325. The highest BCUT2D eigenvalue weighted by molar-refractivity contribution is 8.13. The highest BCUT2D eigenvalue weighted by Gasteiger charge is 2.18. The van der Waals surface area contributed by atoms with Gasteiger partial charge in [0, 0.05) is 37.6 Å². The third-order valence-corrected chi connectivity index (χ3v) is 3.48. The highest BCUT2D eigenvalue weighted by Crippen LogP contribution is 2.16. The fourth-order valence-electron chi connectivity index (χ4n) is 1.17. The molecule has 8 heteroatoms. The van der Waals surface area contributed by atoms with Gasteiger partial charge in [-0.15, -0.1) is 0 Å². The zero-order valence-corrected chi connectivity index (χ0v) is 11.0. The maximum Gasteiger partial charge on any atom is 0.270 e. The lowest BCUT2D eigenvalue weighted by Crippen LogP contribution is -2.30. The van der Waals surface area contributed by atoms with E-state index >= 15 is 0 Å². The van der Waals surface area contributed by atoms with Crippen LogP contribution in [0.4, 0.5) is 0 Å². The zero-order chi connectivity index (χ0) is 13.1. The summed E-state index contributed by atoms with van der Waals surface area (Å²) in [5.41, 5.74) is 0.169. The van der Waals surface area contributed by atoms with Crippen molar-refractivity contribution < 1.29 is 17.9 Å². The number of nitrogens with zero attached hydrogens (tertiary/aromatic N) is 1. The molecule has 1 rings (SSSR count). The van der Waals surface area contributed by atoms with Crippen LogP contribution in [0.3, 0.4) is 0 Å². The molecule has 0 aliphatic carbocycles. The largest absolute Gasteiger partial charge is 0.383 e. The molecule has 1 amide bonds. The van der Waals surface area contributed by atoms with Gasteiger partial charge in [0.15, 0.2) is 0 Å². The van der Waals surface area contributed by atoms with E-state index in [0.29, 0.717) is 13.2 Å². The van der Waals surface area contributed by atoms with E-state index in [4.69, 9.17) is 15.4 Å². The SMILES string of the molecule is COCCN(C)C(=O)c1cc(S(=O)(=O)Cl)c[nH]1. The van der Waals surface area contributed by atoms with Gasteiger partial charge < -0.3 is 14.6 Å². The number of hydrogen-bond acceptors (Lipinski definition) is 4. The van der Waals surface area contributed by atoms with Gasteiger partial charge >= 0.3 is 0 Å². The van der Waals surface area contributed by atoms with Gasteiger partial charge in [0.25, 0.3) is 15.0 Å². The molecule has 17 heavy (non-hydrogen) atoms. The van der Waals surface area contributed by atoms with E-state index in [-0.39, 0.29) is 16.5 Å². The summed E-state index contributed by atoms with van der Waals surface area (Å²) in [6.07, 6.45) is 1.18. The number of amides is 1. The number of likely N-dealkylation sites (N-methyl/N-ethyl adjacent to an activating group) is 1. The Labute approximate surface area is 104 Å². The highest BCUT2D eigenvalue weighted by atomic mass is 35.7. The number of aromatic amines is 1. The first kappa shape index (κ1) is 14.0.